The highest BCUT2D eigenvalue weighted by molar-refractivity contribution is 5.89. The van der Waals surface area contributed by atoms with Gasteiger partial charge in [0.15, 0.2) is 0 Å². The van der Waals surface area contributed by atoms with E-state index >= 15 is 0 Å². The Morgan fingerprint density at radius 3 is 2.62 bits per heavy atom. The Kier molecular flexibility index (Phi) is 5.13. The first-order chi connectivity index (χ1) is 16.5. The van der Waals surface area contributed by atoms with Crippen LogP contribution in [0.5, 0.6) is 0 Å². The van der Waals surface area contributed by atoms with Crippen LogP contribution < -0.4 is 0 Å². The molecule has 4 aromatic rings. The predicted octanol–water partition coefficient (Wildman–Crippen LogP) is 5.75. The first-order valence-electron chi connectivity index (χ1n) is 11.7. The molecule has 8 heteroatoms. The molecular weight excluding hydrogens is 436 g/mol. The molecule has 1 aromatic carbocycles. The zero-order valence-electron chi connectivity index (χ0n) is 19.1. The second-order valence-corrected chi connectivity index (χ2v) is 9.35. The maximum atomic E-state index is 14.8. The van der Waals surface area contributed by atoms with Gasteiger partial charge in [0.1, 0.15) is 22.8 Å². The average molecular weight is 462 g/mol. The van der Waals surface area contributed by atoms with Gasteiger partial charge in [0.2, 0.25) is 0 Å². The van der Waals surface area contributed by atoms with Crippen molar-refractivity contribution >= 4 is 11.0 Å². The molecule has 1 aliphatic heterocycles. The summed E-state index contributed by atoms with van der Waals surface area (Å²) in [5.74, 6) is -1.18. The summed E-state index contributed by atoms with van der Waals surface area (Å²) in [4.78, 5) is 14.3. The SMILES string of the molecule is Cc1nc2cc([C@H]3CCO[C@@H](c4cnn(C5CC5)c4)C3)nc(-c3ccc(F)cc3F)c2nc1C. The van der Waals surface area contributed by atoms with Crippen molar-refractivity contribution in [2.45, 2.75) is 57.6 Å². The minimum absolute atomic E-state index is 0.0689. The number of nitrogens with zero attached hydrogens (tertiary/aromatic N) is 5. The molecule has 0 bridgehead atoms. The molecule has 0 unspecified atom stereocenters. The number of halogens is 2. The van der Waals surface area contributed by atoms with Crippen LogP contribution in [0.3, 0.4) is 0 Å². The highest BCUT2D eigenvalue weighted by atomic mass is 19.1. The summed E-state index contributed by atoms with van der Waals surface area (Å²) in [5.41, 5.74) is 5.27. The second-order valence-electron chi connectivity index (χ2n) is 9.35. The fourth-order valence-corrected chi connectivity index (χ4v) is 4.68. The van der Waals surface area contributed by atoms with E-state index in [4.69, 9.17) is 14.7 Å². The van der Waals surface area contributed by atoms with E-state index in [1.807, 2.05) is 30.8 Å². The van der Waals surface area contributed by atoms with Crippen LogP contribution in [0, 0.1) is 25.5 Å². The predicted molar refractivity (Wildman–Crippen MR) is 123 cm³/mol. The van der Waals surface area contributed by atoms with Gasteiger partial charge in [-0.15, -0.1) is 0 Å². The summed E-state index contributed by atoms with van der Waals surface area (Å²) in [6, 6.07) is 6.03. The van der Waals surface area contributed by atoms with E-state index < -0.39 is 11.6 Å². The molecule has 0 spiro atoms. The number of hydrogen-bond donors (Lipinski definition) is 0. The van der Waals surface area contributed by atoms with Gasteiger partial charge < -0.3 is 4.74 Å². The normalized spacial score (nSPS) is 20.7. The van der Waals surface area contributed by atoms with Crippen molar-refractivity contribution < 1.29 is 13.5 Å². The standard InChI is InChI=1S/C26H25F2N5O/c1-14-15(2)31-26-23(30-14)11-22(32-25(26)20-6-3-18(27)10-21(20)28)16-7-8-34-24(9-16)17-12-29-33(13-17)19-4-5-19/h3,6,10-13,16,19,24H,4-5,7-9H2,1-2H3/t16-,24+/m0/s1. The number of pyridine rings is 1. The third kappa shape index (κ3) is 3.86. The number of aryl methyl sites for hydroxylation is 2. The minimum atomic E-state index is -0.664. The van der Waals surface area contributed by atoms with E-state index in [1.54, 1.807) is 0 Å². The van der Waals surface area contributed by atoms with Crippen LogP contribution in [0.15, 0.2) is 36.7 Å². The molecule has 2 aliphatic rings. The zero-order valence-corrected chi connectivity index (χ0v) is 19.1. The maximum absolute atomic E-state index is 14.8. The number of benzene rings is 1. The van der Waals surface area contributed by atoms with Gasteiger partial charge in [-0.25, -0.2) is 23.7 Å². The van der Waals surface area contributed by atoms with Crippen molar-refractivity contribution in [3.63, 3.8) is 0 Å². The first kappa shape index (κ1) is 21.3. The van der Waals surface area contributed by atoms with E-state index in [2.05, 4.69) is 16.3 Å². The molecule has 0 amide bonds. The summed E-state index contributed by atoms with van der Waals surface area (Å²) >= 11 is 0. The number of aromatic nitrogens is 5. The molecule has 6 rings (SSSR count). The van der Waals surface area contributed by atoms with E-state index in [1.165, 1.54) is 25.0 Å². The Bertz CT molecular complexity index is 1400. The van der Waals surface area contributed by atoms with Gasteiger partial charge in [0.05, 0.1) is 35.2 Å². The lowest BCUT2D eigenvalue weighted by Crippen LogP contribution is -2.19. The monoisotopic (exact) mass is 461 g/mol. The van der Waals surface area contributed by atoms with Crippen molar-refractivity contribution in [3.05, 3.63) is 70.9 Å². The Morgan fingerprint density at radius 1 is 1.00 bits per heavy atom. The summed E-state index contributed by atoms with van der Waals surface area (Å²) in [6.07, 6.45) is 7.83. The van der Waals surface area contributed by atoms with Gasteiger partial charge in [-0.2, -0.15) is 5.10 Å². The highest BCUT2D eigenvalue weighted by Crippen LogP contribution is 2.40. The van der Waals surface area contributed by atoms with Crippen LogP contribution in [0.25, 0.3) is 22.3 Å². The van der Waals surface area contributed by atoms with Crippen LogP contribution >= 0.6 is 0 Å². The van der Waals surface area contributed by atoms with Gasteiger partial charge in [0, 0.05) is 41.6 Å². The highest BCUT2D eigenvalue weighted by Gasteiger charge is 2.30. The lowest BCUT2D eigenvalue weighted by atomic mass is 9.89. The lowest BCUT2D eigenvalue weighted by Gasteiger charge is -2.29. The summed E-state index contributed by atoms with van der Waals surface area (Å²) in [6.45, 7) is 4.37. The van der Waals surface area contributed by atoms with Crippen molar-refractivity contribution in [3.8, 4) is 11.3 Å². The van der Waals surface area contributed by atoms with Crippen molar-refractivity contribution in [2.24, 2.45) is 0 Å². The second kappa shape index (κ2) is 8.20. The average Bonchev–Trinajstić information content (AvgIpc) is 3.56. The Balaban J connectivity index is 1.41. The molecule has 0 N–H and O–H groups in total. The van der Waals surface area contributed by atoms with Crippen molar-refractivity contribution in [1.82, 2.24) is 24.7 Å². The van der Waals surface area contributed by atoms with E-state index in [0.29, 0.717) is 29.4 Å². The van der Waals surface area contributed by atoms with Crippen LogP contribution in [0.2, 0.25) is 0 Å². The Morgan fingerprint density at radius 2 is 1.82 bits per heavy atom. The molecule has 2 fully saturated rings. The topological polar surface area (TPSA) is 65.7 Å². The molecule has 4 heterocycles. The molecule has 1 saturated carbocycles. The van der Waals surface area contributed by atoms with E-state index in [0.717, 1.165) is 41.6 Å². The first-order valence-corrected chi connectivity index (χ1v) is 11.7. The summed E-state index contributed by atoms with van der Waals surface area (Å²) < 4.78 is 36.6. The number of rotatable bonds is 4. The largest absolute Gasteiger partial charge is 0.373 e. The fraction of sp³-hybridized carbons (Fsp3) is 0.385. The van der Waals surface area contributed by atoms with Gasteiger partial charge in [-0.3, -0.25) is 4.68 Å². The van der Waals surface area contributed by atoms with Crippen molar-refractivity contribution in [1.29, 1.82) is 0 Å². The summed E-state index contributed by atoms with van der Waals surface area (Å²) in [5, 5.41) is 4.51. The molecule has 174 valence electrons. The molecule has 34 heavy (non-hydrogen) atoms. The smallest absolute Gasteiger partial charge is 0.135 e. The molecular formula is C26H25F2N5O. The zero-order chi connectivity index (χ0) is 23.4. The van der Waals surface area contributed by atoms with Crippen molar-refractivity contribution in [2.75, 3.05) is 6.61 Å². The van der Waals surface area contributed by atoms with E-state index in [-0.39, 0.29) is 17.6 Å². The minimum Gasteiger partial charge on any atom is -0.373 e. The van der Waals surface area contributed by atoms with Crippen LogP contribution in [-0.4, -0.2) is 31.3 Å². The molecule has 6 nitrogen and oxygen atoms in total. The Hall–Kier alpha value is -3.26. The lowest BCUT2D eigenvalue weighted by molar-refractivity contribution is 0.00462. The van der Waals surface area contributed by atoms with Gasteiger partial charge in [-0.1, -0.05) is 0 Å². The maximum Gasteiger partial charge on any atom is 0.135 e. The van der Waals surface area contributed by atoms with Crippen LogP contribution in [0.1, 0.15) is 66.4 Å². The van der Waals surface area contributed by atoms with Gasteiger partial charge in [-0.05, 0) is 57.7 Å². The fourth-order valence-electron chi connectivity index (χ4n) is 4.68. The Labute approximate surface area is 196 Å². The van der Waals surface area contributed by atoms with Gasteiger partial charge in [0.25, 0.3) is 0 Å². The molecule has 1 aliphatic carbocycles. The number of hydrogen-bond acceptors (Lipinski definition) is 5. The molecule has 3 aromatic heterocycles. The molecule has 2 atom stereocenters. The number of fused-ring (bicyclic) bond motifs is 1. The molecule has 0 radical (unpaired) electrons. The van der Waals surface area contributed by atoms with Crippen LogP contribution in [0.4, 0.5) is 8.78 Å². The van der Waals surface area contributed by atoms with E-state index in [9.17, 15) is 8.78 Å². The van der Waals surface area contributed by atoms with Crippen LogP contribution in [-0.2, 0) is 4.74 Å². The third-order valence-electron chi connectivity index (χ3n) is 6.89. The summed E-state index contributed by atoms with van der Waals surface area (Å²) in [7, 11) is 0. The third-order valence-corrected chi connectivity index (χ3v) is 6.89. The quantitative estimate of drug-likeness (QED) is 0.387. The molecule has 1 saturated heterocycles. The number of ether oxygens (including phenoxy) is 1. The van der Waals surface area contributed by atoms with Gasteiger partial charge >= 0.3 is 0 Å².